The van der Waals surface area contributed by atoms with Crippen LogP contribution in [0, 0.1) is 5.92 Å². The van der Waals surface area contributed by atoms with Gasteiger partial charge in [-0.2, -0.15) is 0 Å². The molecule has 1 amide bonds. The van der Waals surface area contributed by atoms with Crippen molar-refractivity contribution in [2.75, 3.05) is 13.6 Å². The largest absolute Gasteiger partial charge is 0.345 e. The SMILES string of the molecule is CCCCCCCCCCCC(=O)N(C)CC1CC(Br)C1. The molecule has 0 aliphatic heterocycles. The molecular weight excluding hydrogens is 326 g/mol. The topological polar surface area (TPSA) is 20.3 Å². The molecule has 124 valence electrons. The van der Waals surface area contributed by atoms with Crippen molar-refractivity contribution >= 4 is 21.8 Å². The summed E-state index contributed by atoms with van der Waals surface area (Å²) in [5.41, 5.74) is 0. The summed E-state index contributed by atoms with van der Waals surface area (Å²) in [5.74, 6) is 1.07. The molecule has 0 radical (unpaired) electrons. The van der Waals surface area contributed by atoms with Crippen LogP contribution in [0.15, 0.2) is 0 Å². The summed E-state index contributed by atoms with van der Waals surface area (Å²) in [4.78, 5) is 14.7. The van der Waals surface area contributed by atoms with Crippen molar-refractivity contribution in [1.29, 1.82) is 0 Å². The van der Waals surface area contributed by atoms with Gasteiger partial charge in [0.1, 0.15) is 0 Å². The Labute approximate surface area is 140 Å². The van der Waals surface area contributed by atoms with E-state index in [1.165, 1.54) is 64.2 Å². The summed E-state index contributed by atoms with van der Waals surface area (Å²) >= 11 is 3.61. The fourth-order valence-electron chi connectivity index (χ4n) is 3.07. The van der Waals surface area contributed by atoms with E-state index in [4.69, 9.17) is 0 Å². The first-order valence-corrected chi connectivity index (χ1v) is 9.93. The van der Waals surface area contributed by atoms with Gasteiger partial charge in [0.05, 0.1) is 0 Å². The molecule has 1 saturated carbocycles. The summed E-state index contributed by atoms with van der Waals surface area (Å²) in [7, 11) is 1.97. The lowest BCUT2D eigenvalue weighted by Gasteiger charge is -2.34. The molecule has 0 aromatic carbocycles. The Morgan fingerprint density at radius 2 is 1.52 bits per heavy atom. The second kappa shape index (κ2) is 11.5. The second-order valence-electron chi connectivity index (χ2n) is 6.79. The molecular formula is C18H34BrNO. The summed E-state index contributed by atoms with van der Waals surface area (Å²) < 4.78 is 0. The Morgan fingerprint density at radius 3 is 2.05 bits per heavy atom. The Bertz CT molecular complexity index is 276. The minimum atomic E-state index is 0.343. The van der Waals surface area contributed by atoms with E-state index in [2.05, 4.69) is 22.9 Å². The zero-order chi connectivity index (χ0) is 15.5. The van der Waals surface area contributed by atoms with Gasteiger partial charge in [-0.3, -0.25) is 4.79 Å². The van der Waals surface area contributed by atoms with Crippen molar-refractivity contribution in [3.05, 3.63) is 0 Å². The molecule has 0 bridgehead atoms. The number of halogens is 1. The van der Waals surface area contributed by atoms with Crippen LogP contribution in [0.4, 0.5) is 0 Å². The Kier molecular flexibility index (Phi) is 10.4. The van der Waals surface area contributed by atoms with Crippen molar-refractivity contribution in [2.45, 2.75) is 88.8 Å². The van der Waals surface area contributed by atoms with Crippen LogP contribution in [0.1, 0.15) is 84.0 Å². The van der Waals surface area contributed by atoms with Crippen LogP contribution in [0.25, 0.3) is 0 Å². The predicted octanol–water partition coefficient (Wildman–Crippen LogP) is 5.54. The number of carbonyl (C=O) groups excluding carboxylic acids is 1. The molecule has 1 aliphatic carbocycles. The van der Waals surface area contributed by atoms with E-state index in [0.717, 1.165) is 25.3 Å². The Morgan fingerprint density at radius 1 is 1.00 bits per heavy atom. The third-order valence-electron chi connectivity index (χ3n) is 4.63. The maximum absolute atomic E-state index is 12.0. The van der Waals surface area contributed by atoms with E-state index in [1.807, 2.05) is 11.9 Å². The molecule has 0 unspecified atom stereocenters. The smallest absolute Gasteiger partial charge is 0.222 e. The number of rotatable bonds is 12. The van der Waals surface area contributed by atoms with Crippen molar-refractivity contribution in [3.8, 4) is 0 Å². The van der Waals surface area contributed by atoms with Crippen LogP contribution in [-0.2, 0) is 4.79 Å². The minimum absolute atomic E-state index is 0.343. The number of unbranched alkanes of at least 4 members (excludes halogenated alkanes) is 8. The number of carbonyl (C=O) groups is 1. The summed E-state index contributed by atoms with van der Waals surface area (Å²) in [6, 6.07) is 0. The van der Waals surface area contributed by atoms with E-state index >= 15 is 0 Å². The lowest BCUT2D eigenvalue weighted by Crippen LogP contribution is -2.37. The molecule has 1 fully saturated rings. The molecule has 0 N–H and O–H groups in total. The molecule has 1 aliphatic rings. The minimum Gasteiger partial charge on any atom is -0.345 e. The molecule has 0 heterocycles. The van der Waals surface area contributed by atoms with Gasteiger partial charge in [0, 0.05) is 24.8 Å². The van der Waals surface area contributed by atoms with E-state index in [-0.39, 0.29) is 0 Å². The third kappa shape index (κ3) is 8.85. The number of hydrogen-bond donors (Lipinski definition) is 0. The van der Waals surface area contributed by atoms with E-state index < -0.39 is 0 Å². The highest BCUT2D eigenvalue weighted by Gasteiger charge is 2.28. The first kappa shape index (κ1) is 19.0. The first-order chi connectivity index (χ1) is 10.1. The van der Waals surface area contributed by atoms with Gasteiger partial charge in [-0.1, -0.05) is 74.2 Å². The standard InChI is InChI=1S/C18H34BrNO/c1-3-4-5-6-7-8-9-10-11-12-18(21)20(2)15-16-13-17(19)14-16/h16-17H,3-15H2,1-2H3. The number of alkyl halides is 1. The van der Waals surface area contributed by atoms with Gasteiger partial charge in [0.15, 0.2) is 0 Å². The normalized spacial score (nSPS) is 21.1. The molecule has 21 heavy (non-hydrogen) atoms. The molecule has 0 spiro atoms. The van der Waals surface area contributed by atoms with Crippen LogP contribution in [0.5, 0.6) is 0 Å². The van der Waals surface area contributed by atoms with Crippen LogP contribution >= 0.6 is 15.9 Å². The average Bonchev–Trinajstić information content (AvgIpc) is 2.43. The molecule has 0 aromatic rings. The molecule has 0 saturated heterocycles. The zero-order valence-corrected chi connectivity index (χ0v) is 15.7. The van der Waals surface area contributed by atoms with E-state index in [1.54, 1.807) is 0 Å². The van der Waals surface area contributed by atoms with Crippen molar-refractivity contribution in [3.63, 3.8) is 0 Å². The van der Waals surface area contributed by atoms with Crippen LogP contribution < -0.4 is 0 Å². The van der Waals surface area contributed by atoms with Gasteiger partial charge >= 0.3 is 0 Å². The maximum Gasteiger partial charge on any atom is 0.222 e. The fourth-order valence-corrected chi connectivity index (χ4v) is 4.13. The highest BCUT2D eigenvalue weighted by atomic mass is 79.9. The van der Waals surface area contributed by atoms with Gasteiger partial charge in [-0.25, -0.2) is 0 Å². The Hall–Kier alpha value is -0.0500. The van der Waals surface area contributed by atoms with Gasteiger partial charge in [-0.15, -0.1) is 0 Å². The van der Waals surface area contributed by atoms with E-state index in [0.29, 0.717) is 10.7 Å². The quantitative estimate of drug-likeness (QED) is 0.331. The van der Waals surface area contributed by atoms with Crippen LogP contribution in [0.3, 0.4) is 0 Å². The predicted molar refractivity (Wildman–Crippen MR) is 94.9 cm³/mol. The molecule has 2 nitrogen and oxygen atoms in total. The second-order valence-corrected chi connectivity index (χ2v) is 8.08. The van der Waals surface area contributed by atoms with E-state index in [9.17, 15) is 4.79 Å². The monoisotopic (exact) mass is 359 g/mol. The Balaban J connectivity index is 1.88. The molecule has 3 heteroatoms. The van der Waals surface area contributed by atoms with Crippen molar-refractivity contribution in [1.82, 2.24) is 4.90 Å². The third-order valence-corrected chi connectivity index (χ3v) is 5.38. The highest BCUT2D eigenvalue weighted by molar-refractivity contribution is 9.09. The maximum atomic E-state index is 12.0. The zero-order valence-electron chi connectivity index (χ0n) is 14.1. The average molecular weight is 360 g/mol. The van der Waals surface area contributed by atoms with Gasteiger partial charge in [-0.05, 0) is 25.2 Å². The van der Waals surface area contributed by atoms with Crippen molar-refractivity contribution < 1.29 is 4.79 Å². The van der Waals surface area contributed by atoms with Crippen molar-refractivity contribution in [2.24, 2.45) is 5.92 Å². The number of hydrogen-bond acceptors (Lipinski definition) is 1. The number of amides is 1. The highest BCUT2D eigenvalue weighted by Crippen LogP contribution is 2.33. The summed E-state index contributed by atoms with van der Waals surface area (Å²) in [5, 5.41) is 0. The molecule has 0 atom stereocenters. The lowest BCUT2D eigenvalue weighted by atomic mass is 9.85. The molecule has 1 rings (SSSR count). The first-order valence-electron chi connectivity index (χ1n) is 9.01. The molecule has 0 aromatic heterocycles. The van der Waals surface area contributed by atoms with Crippen LogP contribution in [0.2, 0.25) is 0 Å². The summed E-state index contributed by atoms with van der Waals surface area (Å²) in [6.45, 7) is 3.22. The van der Waals surface area contributed by atoms with Gasteiger partial charge < -0.3 is 4.90 Å². The fraction of sp³-hybridized carbons (Fsp3) is 0.944. The summed E-state index contributed by atoms with van der Waals surface area (Å²) in [6.07, 6.45) is 15.0. The van der Waals surface area contributed by atoms with Gasteiger partial charge in [0.2, 0.25) is 5.91 Å². The van der Waals surface area contributed by atoms with Gasteiger partial charge in [0.25, 0.3) is 0 Å². The van der Waals surface area contributed by atoms with Crippen LogP contribution in [-0.4, -0.2) is 29.2 Å². The lowest BCUT2D eigenvalue weighted by molar-refractivity contribution is -0.130. The number of nitrogens with zero attached hydrogens (tertiary/aromatic N) is 1.